The molecule has 0 spiro atoms. The minimum Gasteiger partial charge on any atom is -0.445 e. The van der Waals surface area contributed by atoms with Crippen LogP contribution in [0, 0.1) is 20.2 Å². The Hall–Kier alpha value is -4.40. The highest BCUT2D eigenvalue weighted by Crippen LogP contribution is 2.26. The summed E-state index contributed by atoms with van der Waals surface area (Å²) in [4.78, 5) is 64.1. The molecule has 0 bridgehead atoms. The third-order valence-corrected chi connectivity index (χ3v) is 7.36. The minimum absolute atomic E-state index is 0.0489. The fourth-order valence-corrected chi connectivity index (χ4v) is 5.16. The Bertz CT molecular complexity index is 1310. The van der Waals surface area contributed by atoms with Crippen LogP contribution in [0.25, 0.3) is 0 Å². The number of piperazine rings is 1. The molecule has 1 unspecified atom stereocenters. The standard InChI is InChI=1S/C26H29N5O9S/c1-17-13-27(25(33)39-15-18-2-6-20(7-3-18)30(35)36)10-11-28(17)24(32)23-12-22(41)14-29(23)26(34)40-16-19-4-8-21(9-5-19)31(37)38/h2-9,17,22-23,41H,10-16H2,1H3/t17?,22-,23-/m0/s1. The first-order chi connectivity index (χ1) is 19.5. The lowest BCUT2D eigenvalue weighted by molar-refractivity contribution is -0.385. The number of nitrogens with zero attached hydrogens (tertiary/aromatic N) is 5. The van der Waals surface area contributed by atoms with Gasteiger partial charge in [0.25, 0.3) is 11.4 Å². The molecule has 3 amide bonds. The van der Waals surface area contributed by atoms with E-state index in [4.69, 9.17) is 9.47 Å². The number of rotatable bonds is 7. The summed E-state index contributed by atoms with van der Waals surface area (Å²) in [5.41, 5.74) is 1.04. The van der Waals surface area contributed by atoms with Gasteiger partial charge in [-0.3, -0.25) is 29.9 Å². The van der Waals surface area contributed by atoms with Gasteiger partial charge >= 0.3 is 12.2 Å². The molecule has 3 atom stereocenters. The number of non-ortho nitro benzene ring substituents is 2. The Labute approximate surface area is 240 Å². The molecule has 0 aliphatic carbocycles. The summed E-state index contributed by atoms with van der Waals surface area (Å²) in [5, 5.41) is 21.4. The SMILES string of the molecule is CC1CN(C(=O)OCc2ccc([N+](=O)[O-])cc2)CCN1C(=O)[C@@H]1C[C@H](S)CN1C(=O)OCc1ccc([N+](=O)[O-])cc1. The summed E-state index contributed by atoms with van der Waals surface area (Å²) < 4.78 is 10.8. The number of carbonyl (C=O) groups excluding carboxylic acids is 3. The molecule has 2 aliphatic heterocycles. The lowest BCUT2D eigenvalue weighted by Gasteiger charge is -2.41. The first-order valence-corrected chi connectivity index (χ1v) is 13.4. The second-order valence-corrected chi connectivity index (χ2v) is 10.6. The molecule has 0 aromatic heterocycles. The molecule has 0 saturated carbocycles. The van der Waals surface area contributed by atoms with Crippen molar-refractivity contribution in [3.63, 3.8) is 0 Å². The number of thiol groups is 1. The number of ether oxygens (including phenoxy) is 2. The number of carbonyl (C=O) groups is 3. The third-order valence-electron chi connectivity index (χ3n) is 6.99. The average molecular weight is 588 g/mol. The predicted octanol–water partition coefficient (Wildman–Crippen LogP) is 3.38. The number of benzene rings is 2. The van der Waals surface area contributed by atoms with E-state index in [2.05, 4.69) is 12.6 Å². The minimum atomic E-state index is -0.773. The van der Waals surface area contributed by atoms with Gasteiger partial charge in [0.05, 0.1) is 9.85 Å². The van der Waals surface area contributed by atoms with Crippen LogP contribution in [0.2, 0.25) is 0 Å². The van der Waals surface area contributed by atoms with Gasteiger partial charge in [-0.2, -0.15) is 12.6 Å². The zero-order chi connectivity index (χ0) is 29.7. The molecule has 2 heterocycles. The van der Waals surface area contributed by atoms with Crippen LogP contribution in [-0.2, 0) is 27.5 Å². The molecule has 2 saturated heterocycles. The van der Waals surface area contributed by atoms with Gasteiger partial charge in [0, 0.05) is 61.7 Å². The zero-order valence-electron chi connectivity index (χ0n) is 22.2. The molecule has 4 rings (SSSR count). The van der Waals surface area contributed by atoms with E-state index in [0.717, 1.165) is 0 Å². The van der Waals surface area contributed by atoms with E-state index in [-0.39, 0.29) is 68.0 Å². The summed E-state index contributed by atoms with van der Waals surface area (Å²) in [6.45, 7) is 2.57. The topological polar surface area (TPSA) is 166 Å². The van der Waals surface area contributed by atoms with Gasteiger partial charge in [-0.15, -0.1) is 0 Å². The van der Waals surface area contributed by atoms with Crippen LogP contribution in [0.3, 0.4) is 0 Å². The van der Waals surface area contributed by atoms with Gasteiger partial charge in [0.1, 0.15) is 19.3 Å². The summed E-state index contributed by atoms with van der Waals surface area (Å²) in [6.07, 6.45) is -0.895. The van der Waals surface area contributed by atoms with E-state index < -0.39 is 28.1 Å². The van der Waals surface area contributed by atoms with Gasteiger partial charge in [-0.05, 0) is 48.7 Å². The van der Waals surface area contributed by atoms with E-state index in [0.29, 0.717) is 17.5 Å². The molecule has 218 valence electrons. The second-order valence-electron chi connectivity index (χ2n) is 9.84. The van der Waals surface area contributed by atoms with Crippen LogP contribution in [0.1, 0.15) is 24.5 Å². The van der Waals surface area contributed by atoms with Crippen LogP contribution < -0.4 is 0 Å². The quantitative estimate of drug-likeness (QED) is 0.290. The van der Waals surface area contributed by atoms with Gasteiger partial charge in [0.15, 0.2) is 0 Å². The van der Waals surface area contributed by atoms with Crippen molar-refractivity contribution < 1.29 is 33.7 Å². The van der Waals surface area contributed by atoms with E-state index in [1.54, 1.807) is 11.8 Å². The maximum atomic E-state index is 13.5. The number of likely N-dealkylation sites (tertiary alicyclic amines) is 1. The summed E-state index contributed by atoms with van der Waals surface area (Å²) >= 11 is 4.48. The van der Waals surface area contributed by atoms with Crippen LogP contribution >= 0.6 is 12.6 Å². The van der Waals surface area contributed by atoms with Gasteiger partial charge in [-0.25, -0.2) is 9.59 Å². The van der Waals surface area contributed by atoms with Gasteiger partial charge in [-0.1, -0.05) is 0 Å². The smallest absolute Gasteiger partial charge is 0.410 e. The maximum Gasteiger partial charge on any atom is 0.410 e. The molecule has 2 aliphatic rings. The number of amides is 3. The average Bonchev–Trinajstić information content (AvgIpc) is 3.36. The van der Waals surface area contributed by atoms with Crippen molar-refractivity contribution in [3.05, 3.63) is 79.9 Å². The highest BCUT2D eigenvalue weighted by Gasteiger charge is 2.43. The molecule has 0 radical (unpaired) electrons. The van der Waals surface area contributed by atoms with Crippen LogP contribution in [-0.4, -0.2) is 86.2 Å². The van der Waals surface area contributed by atoms with Crippen LogP contribution in [0.4, 0.5) is 21.0 Å². The molecular weight excluding hydrogens is 558 g/mol. The molecule has 2 aromatic rings. The van der Waals surface area contributed by atoms with E-state index >= 15 is 0 Å². The number of hydrogen-bond acceptors (Lipinski definition) is 10. The van der Waals surface area contributed by atoms with Crippen molar-refractivity contribution >= 4 is 42.1 Å². The van der Waals surface area contributed by atoms with Crippen LogP contribution in [0.5, 0.6) is 0 Å². The van der Waals surface area contributed by atoms with E-state index in [9.17, 15) is 34.6 Å². The largest absolute Gasteiger partial charge is 0.445 e. The lowest BCUT2D eigenvalue weighted by atomic mass is 10.1. The molecule has 15 heteroatoms. The third kappa shape index (κ3) is 7.22. The van der Waals surface area contributed by atoms with Crippen molar-refractivity contribution in [1.29, 1.82) is 0 Å². The molecule has 41 heavy (non-hydrogen) atoms. The summed E-state index contributed by atoms with van der Waals surface area (Å²) in [5.74, 6) is -0.264. The number of hydrogen-bond donors (Lipinski definition) is 1. The fraction of sp³-hybridized carbons (Fsp3) is 0.423. The molecule has 2 aromatic carbocycles. The molecular formula is C26H29N5O9S. The molecule has 2 fully saturated rings. The number of nitro benzene ring substituents is 2. The highest BCUT2D eigenvalue weighted by atomic mass is 32.1. The first-order valence-electron chi connectivity index (χ1n) is 12.8. The van der Waals surface area contributed by atoms with Crippen molar-refractivity contribution in [3.8, 4) is 0 Å². The zero-order valence-corrected chi connectivity index (χ0v) is 23.1. The second kappa shape index (κ2) is 12.8. The molecule has 14 nitrogen and oxygen atoms in total. The van der Waals surface area contributed by atoms with Crippen LogP contribution in [0.15, 0.2) is 48.5 Å². The van der Waals surface area contributed by atoms with Crippen molar-refractivity contribution in [2.75, 3.05) is 26.2 Å². The molecule has 0 N–H and O–H groups in total. The summed E-state index contributed by atoms with van der Waals surface area (Å²) in [7, 11) is 0. The maximum absolute atomic E-state index is 13.5. The van der Waals surface area contributed by atoms with Crippen molar-refractivity contribution in [2.45, 2.75) is 43.9 Å². The lowest BCUT2D eigenvalue weighted by Crippen LogP contribution is -2.59. The summed E-state index contributed by atoms with van der Waals surface area (Å²) in [6, 6.07) is 10.2. The van der Waals surface area contributed by atoms with E-state index in [1.165, 1.54) is 58.3 Å². The van der Waals surface area contributed by atoms with E-state index in [1.807, 2.05) is 0 Å². The first kappa shape index (κ1) is 29.6. The Kier molecular flexibility index (Phi) is 9.27. The van der Waals surface area contributed by atoms with Gasteiger partial charge < -0.3 is 19.3 Å². The van der Waals surface area contributed by atoms with Gasteiger partial charge in [0.2, 0.25) is 5.91 Å². The fourth-order valence-electron chi connectivity index (χ4n) is 4.78. The number of nitro groups is 2. The Morgan fingerprint density at radius 3 is 1.83 bits per heavy atom. The van der Waals surface area contributed by atoms with Crippen molar-refractivity contribution in [1.82, 2.24) is 14.7 Å². The monoisotopic (exact) mass is 587 g/mol. The Balaban J connectivity index is 1.29. The highest BCUT2D eigenvalue weighted by molar-refractivity contribution is 7.81. The Morgan fingerprint density at radius 2 is 1.34 bits per heavy atom. The normalized spacial score (nSPS) is 20.4. The van der Waals surface area contributed by atoms with Crippen molar-refractivity contribution in [2.24, 2.45) is 0 Å². The predicted molar refractivity (Wildman–Crippen MR) is 147 cm³/mol. The Morgan fingerprint density at radius 1 is 0.829 bits per heavy atom.